The fourth-order valence-electron chi connectivity index (χ4n) is 2.28. The minimum absolute atomic E-state index is 0.0917. The number of nitrogens with two attached hydrogens (primary N) is 1. The molecule has 1 heterocycles. The third-order valence-electron chi connectivity index (χ3n) is 3.79. The van der Waals surface area contributed by atoms with E-state index in [0.29, 0.717) is 6.42 Å². The van der Waals surface area contributed by atoms with Gasteiger partial charge in [-0.3, -0.25) is 4.79 Å². The van der Waals surface area contributed by atoms with Gasteiger partial charge in [0.2, 0.25) is 5.91 Å². The van der Waals surface area contributed by atoms with Gasteiger partial charge >= 0.3 is 0 Å². The van der Waals surface area contributed by atoms with Gasteiger partial charge < -0.3 is 10.6 Å². The van der Waals surface area contributed by atoms with Gasteiger partial charge in [-0.25, -0.2) is 0 Å². The topological polar surface area (TPSA) is 46.3 Å². The Balaban J connectivity index is 1.90. The van der Waals surface area contributed by atoms with E-state index in [4.69, 9.17) is 5.73 Å². The van der Waals surface area contributed by atoms with Crippen molar-refractivity contribution in [3.63, 3.8) is 0 Å². The maximum atomic E-state index is 12.3. The van der Waals surface area contributed by atoms with Crippen molar-refractivity contribution in [1.82, 2.24) is 4.90 Å². The molecule has 0 aliphatic heterocycles. The van der Waals surface area contributed by atoms with E-state index in [9.17, 15) is 4.79 Å². The molecule has 1 aromatic heterocycles. The molecule has 3 nitrogen and oxygen atoms in total. The van der Waals surface area contributed by atoms with E-state index in [1.807, 2.05) is 37.4 Å². The normalized spacial score (nSPS) is 13.7. The zero-order valence-electron chi connectivity index (χ0n) is 12.5. The van der Waals surface area contributed by atoms with Gasteiger partial charge in [-0.2, -0.15) is 11.3 Å². The lowest BCUT2D eigenvalue weighted by molar-refractivity contribution is -0.132. The van der Waals surface area contributed by atoms with E-state index in [0.717, 1.165) is 12.0 Å². The van der Waals surface area contributed by atoms with Gasteiger partial charge in [-0.15, -0.1) is 0 Å². The van der Waals surface area contributed by atoms with Crippen molar-refractivity contribution in [1.29, 1.82) is 0 Å². The smallest absolute Gasteiger partial charge is 0.224 e. The van der Waals surface area contributed by atoms with Gasteiger partial charge in [0, 0.05) is 25.6 Å². The average Bonchev–Trinajstić information content (AvgIpc) is 3.00. The number of rotatable bonds is 6. The molecule has 2 atom stereocenters. The largest absolute Gasteiger partial charge is 0.343 e. The van der Waals surface area contributed by atoms with E-state index < -0.39 is 0 Å². The van der Waals surface area contributed by atoms with Gasteiger partial charge in [-0.05, 0) is 41.3 Å². The maximum Gasteiger partial charge on any atom is 0.224 e. The van der Waals surface area contributed by atoms with Crippen LogP contribution in [0.5, 0.6) is 0 Å². The van der Waals surface area contributed by atoms with Crippen LogP contribution in [0.3, 0.4) is 0 Å². The van der Waals surface area contributed by atoms with Gasteiger partial charge in [0.25, 0.3) is 0 Å². The summed E-state index contributed by atoms with van der Waals surface area (Å²) in [6.07, 6.45) is 1.22. The number of likely N-dealkylation sites (N-methyl/N-ethyl adjacent to an activating group) is 1. The molecule has 0 aliphatic carbocycles. The van der Waals surface area contributed by atoms with Crippen LogP contribution in [0, 0.1) is 0 Å². The number of hydrogen-bond acceptors (Lipinski definition) is 3. The molecule has 1 amide bonds. The van der Waals surface area contributed by atoms with Crippen LogP contribution in [-0.2, 0) is 11.2 Å². The lowest BCUT2D eigenvalue weighted by Gasteiger charge is -2.26. The Kier molecular flexibility index (Phi) is 5.53. The molecule has 2 N–H and O–H groups in total. The van der Waals surface area contributed by atoms with Crippen molar-refractivity contribution in [3.8, 4) is 0 Å². The Hall–Kier alpha value is -1.65. The molecule has 0 saturated carbocycles. The monoisotopic (exact) mass is 302 g/mol. The maximum absolute atomic E-state index is 12.3. The van der Waals surface area contributed by atoms with Crippen LogP contribution in [0.25, 0.3) is 0 Å². The van der Waals surface area contributed by atoms with Crippen LogP contribution in [-0.4, -0.2) is 23.9 Å². The zero-order valence-corrected chi connectivity index (χ0v) is 13.3. The number of benzene rings is 1. The first-order valence-corrected chi connectivity index (χ1v) is 8.09. The summed E-state index contributed by atoms with van der Waals surface area (Å²) >= 11 is 1.69. The highest BCUT2D eigenvalue weighted by molar-refractivity contribution is 7.07. The van der Waals surface area contributed by atoms with Crippen molar-refractivity contribution in [3.05, 3.63) is 58.3 Å². The first-order valence-electron chi connectivity index (χ1n) is 7.15. The molecular weight excluding hydrogens is 280 g/mol. The number of amides is 1. The van der Waals surface area contributed by atoms with Crippen LogP contribution in [0.15, 0.2) is 47.2 Å². The van der Waals surface area contributed by atoms with Gasteiger partial charge in [0.05, 0.1) is 0 Å². The zero-order chi connectivity index (χ0) is 15.2. The lowest BCUT2D eigenvalue weighted by Crippen LogP contribution is -2.37. The van der Waals surface area contributed by atoms with Crippen LogP contribution in [0.4, 0.5) is 0 Å². The van der Waals surface area contributed by atoms with E-state index in [1.165, 1.54) is 5.56 Å². The summed E-state index contributed by atoms with van der Waals surface area (Å²) < 4.78 is 0. The Bertz CT molecular complexity index is 553. The molecule has 112 valence electrons. The fraction of sp³-hybridized carbons (Fsp3) is 0.353. The third kappa shape index (κ3) is 4.41. The first-order chi connectivity index (χ1) is 10.1. The Labute approximate surface area is 130 Å². The lowest BCUT2D eigenvalue weighted by atomic mass is 10.0. The van der Waals surface area contributed by atoms with Gasteiger partial charge in [-0.1, -0.05) is 30.3 Å². The van der Waals surface area contributed by atoms with E-state index in [2.05, 4.69) is 23.8 Å². The molecule has 0 aliphatic rings. The minimum atomic E-state index is -0.241. The molecule has 0 radical (unpaired) electrons. The average molecular weight is 302 g/mol. The molecular formula is C17H22N2OS. The Morgan fingerprint density at radius 1 is 1.29 bits per heavy atom. The van der Waals surface area contributed by atoms with Crippen LogP contribution < -0.4 is 5.73 Å². The van der Waals surface area contributed by atoms with Crippen LogP contribution in [0.1, 0.15) is 30.5 Å². The van der Waals surface area contributed by atoms with Crippen molar-refractivity contribution in [2.75, 3.05) is 7.05 Å². The van der Waals surface area contributed by atoms with Crippen molar-refractivity contribution in [2.45, 2.75) is 31.8 Å². The van der Waals surface area contributed by atoms with Crippen molar-refractivity contribution < 1.29 is 4.79 Å². The quantitative estimate of drug-likeness (QED) is 0.890. The highest BCUT2D eigenvalue weighted by Gasteiger charge is 2.19. The second-order valence-corrected chi connectivity index (χ2v) is 6.19. The van der Waals surface area contributed by atoms with E-state index in [1.54, 1.807) is 16.2 Å². The molecule has 0 spiro atoms. The summed E-state index contributed by atoms with van der Waals surface area (Å²) in [7, 11) is 1.86. The fourth-order valence-corrected chi connectivity index (χ4v) is 2.96. The number of carbonyl (C=O) groups excluding carboxylic acids is 1. The molecule has 0 bridgehead atoms. The third-order valence-corrected chi connectivity index (χ3v) is 4.52. The molecule has 1 aromatic carbocycles. The summed E-state index contributed by atoms with van der Waals surface area (Å²) in [5.74, 6) is 0.0917. The SMILES string of the molecule is C[C@H](Cc1ccsc1)N(C)C(=O)C[C@H](N)c1ccccc1. The summed E-state index contributed by atoms with van der Waals surface area (Å²) in [6.45, 7) is 2.07. The number of nitrogens with zero attached hydrogens (tertiary/aromatic N) is 1. The Morgan fingerprint density at radius 3 is 2.62 bits per heavy atom. The summed E-state index contributed by atoms with van der Waals surface area (Å²) in [4.78, 5) is 14.2. The van der Waals surface area contributed by atoms with E-state index >= 15 is 0 Å². The Morgan fingerprint density at radius 2 is 2.00 bits per heavy atom. The second-order valence-electron chi connectivity index (χ2n) is 5.41. The predicted molar refractivity (Wildman–Crippen MR) is 88.2 cm³/mol. The minimum Gasteiger partial charge on any atom is -0.343 e. The standard InChI is InChI=1S/C17H22N2OS/c1-13(10-14-8-9-21-12-14)19(2)17(20)11-16(18)15-6-4-3-5-7-15/h3-9,12-13,16H,10-11,18H2,1-2H3/t13-,16+/m1/s1. The van der Waals surface area contributed by atoms with Crippen molar-refractivity contribution >= 4 is 17.2 Å². The van der Waals surface area contributed by atoms with Gasteiger partial charge in [0.1, 0.15) is 0 Å². The molecule has 0 fully saturated rings. The van der Waals surface area contributed by atoms with Gasteiger partial charge in [0.15, 0.2) is 0 Å². The number of thiophene rings is 1. The second kappa shape index (κ2) is 7.38. The first kappa shape index (κ1) is 15.7. The highest BCUT2D eigenvalue weighted by atomic mass is 32.1. The van der Waals surface area contributed by atoms with Crippen molar-refractivity contribution in [2.24, 2.45) is 5.73 Å². The molecule has 2 rings (SSSR count). The molecule has 0 unspecified atom stereocenters. The number of hydrogen-bond donors (Lipinski definition) is 1. The predicted octanol–water partition coefficient (Wildman–Crippen LogP) is 3.23. The molecule has 0 saturated heterocycles. The number of carbonyl (C=O) groups is 1. The molecule has 2 aromatic rings. The van der Waals surface area contributed by atoms with E-state index in [-0.39, 0.29) is 18.0 Å². The summed E-state index contributed by atoms with van der Waals surface area (Å²) in [5, 5.41) is 4.19. The summed E-state index contributed by atoms with van der Waals surface area (Å²) in [5.41, 5.74) is 8.41. The van der Waals surface area contributed by atoms with Crippen LogP contribution in [0.2, 0.25) is 0 Å². The molecule has 4 heteroatoms. The molecule has 21 heavy (non-hydrogen) atoms. The summed E-state index contributed by atoms with van der Waals surface area (Å²) in [6, 6.07) is 11.8. The van der Waals surface area contributed by atoms with Crippen LogP contribution >= 0.6 is 11.3 Å². The highest BCUT2D eigenvalue weighted by Crippen LogP contribution is 2.17.